The molecule has 0 radical (unpaired) electrons. The molecule has 1 saturated heterocycles. The van der Waals surface area contributed by atoms with Crippen molar-refractivity contribution in [2.75, 3.05) is 27.3 Å². The van der Waals surface area contributed by atoms with Crippen LogP contribution in [0.25, 0.3) is 11.1 Å². The van der Waals surface area contributed by atoms with Gasteiger partial charge in [0.25, 0.3) is 0 Å². The Morgan fingerprint density at radius 3 is 2.17 bits per heavy atom. The number of aliphatic hydroxyl groups is 1. The molecule has 0 bridgehead atoms. The molecule has 2 heterocycles. The molecule has 6 aromatic rings. The van der Waals surface area contributed by atoms with Crippen molar-refractivity contribution in [1.29, 1.82) is 0 Å². The number of hydrogen-bond donors (Lipinski definition) is 3. The van der Waals surface area contributed by atoms with E-state index in [2.05, 4.69) is 33.1 Å². The fourth-order valence-electron chi connectivity index (χ4n) is 8.47. The van der Waals surface area contributed by atoms with Gasteiger partial charge in [0.2, 0.25) is 15.9 Å². The molecule has 2 aliphatic heterocycles. The van der Waals surface area contributed by atoms with Gasteiger partial charge in [-0.25, -0.2) is 8.42 Å². The van der Waals surface area contributed by atoms with E-state index in [1.54, 1.807) is 38.5 Å². The zero-order valence-corrected chi connectivity index (χ0v) is 37.2. The Balaban J connectivity index is 0.983. The first-order valence-electron chi connectivity index (χ1n) is 21.6. The Labute approximate surface area is 376 Å². The Kier molecular flexibility index (Phi) is 14.2. The summed E-state index contributed by atoms with van der Waals surface area (Å²) in [5.41, 5.74) is 9.74. The third kappa shape index (κ3) is 10.9. The smallest absolute Gasteiger partial charge is 0.241 e. The van der Waals surface area contributed by atoms with Crippen LogP contribution in [0, 0.1) is 6.92 Å². The quantitative estimate of drug-likeness (QED) is 0.0885. The molecule has 6 aromatic carbocycles. The van der Waals surface area contributed by atoms with Crippen molar-refractivity contribution in [3.8, 4) is 22.6 Å². The third-order valence-electron chi connectivity index (χ3n) is 12.0. The first-order chi connectivity index (χ1) is 31.1. The van der Waals surface area contributed by atoms with E-state index >= 15 is 0 Å². The highest BCUT2D eigenvalue weighted by atomic mass is 32.2. The number of hydrogen-bond acceptors (Lipinski definition) is 9. The number of sulfonamides is 1. The molecule has 0 saturated carbocycles. The number of carbonyl (C=O) groups excluding carboxylic acids is 1. The average molecular weight is 882 g/mol. The second-order valence-electron chi connectivity index (χ2n) is 16.5. The molecule has 0 spiro atoms. The second-order valence-corrected chi connectivity index (χ2v) is 18.2. The highest BCUT2D eigenvalue weighted by Crippen LogP contribution is 2.40. The first kappa shape index (κ1) is 44.7. The van der Waals surface area contributed by atoms with E-state index < -0.39 is 28.3 Å². The predicted molar refractivity (Wildman–Crippen MR) is 246 cm³/mol. The molecule has 4 atom stereocenters. The number of methoxy groups -OCH3 is 2. The van der Waals surface area contributed by atoms with E-state index in [1.807, 2.05) is 104 Å². The molecular weight excluding hydrogens is 827 g/mol. The van der Waals surface area contributed by atoms with Crippen molar-refractivity contribution in [3.05, 3.63) is 184 Å². The van der Waals surface area contributed by atoms with E-state index in [0.717, 1.165) is 75.5 Å². The zero-order chi connectivity index (χ0) is 44.6. The molecule has 8 rings (SSSR count). The van der Waals surface area contributed by atoms with E-state index in [0.29, 0.717) is 13.0 Å². The van der Waals surface area contributed by atoms with Crippen molar-refractivity contribution in [3.63, 3.8) is 0 Å². The van der Waals surface area contributed by atoms with Gasteiger partial charge in [-0.15, -0.1) is 0 Å². The van der Waals surface area contributed by atoms with Gasteiger partial charge in [-0.2, -0.15) is 4.72 Å². The molecule has 1 amide bonds. The normalized spacial score (nSPS) is 18.2. The number of ether oxygens (including phenoxy) is 4. The van der Waals surface area contributed by atoms with Gasteiger partial charge in [0.1, 0.15) is 6.04 Å². The van der Waals surface area contributed by atoms with E-state index in [-0.39, 0.29) is 36.7 Å². The van der Waals surface area contributed by atoms with Crippen LogP contribution in [0.3, 0.4) is 0 Å². The minimum Gasteiger partial charge on any atom is -0.493 e. The average Bonchev–Trinajstić information content (AvgIpc) is 3.33. The number of nitrogens with one attached hydrogen (secondary N) is 2. The van der Waals surface area contributed by atoms with Crippen LogP contribution < -0.4 is 19.5 Å². The maximum Gasteiger partial charge on any atom is 0.241 e. The molecule has 0 aliphatic carbocycles. The lowest BCUT2D eigenvalue weighted by Gasteiger charge is -2.39. The summed E-state index contributed by atoms with van der Waals surface area (Å²) in [7, 11) is -0.658. The van der Waals surface area contributed by atoms with Gasteiger partial charge in [-0.05, 0) is 101 Å². The van der Waals surface area contributed by atoms with Crippen LogP contribution in [0.15, 0.2) is 144 Å². The van der Waals surface area contributed by atoms with Crippen LogP contribution in [-0.4, -0.2) is 63.8 Å². The summed E-state index contributed by atoms with van der Waals surface area (Å²) >= 11 is 0. The van der Waals surface area contributed by atoms with Gasteiger partial charge in [0.05, 0.1) is 37.9 Å². The van der Waals surface area contributed by atoms with Crippen molar-refractivity contribution < 1.29 is 37.3 Å². The fourth-order valence-corrected chi connectivity index (χ4v) is 9.66. The summed E-state index contributed by atoms with van der Waals surface area (Å²) in [5, 5.41) is 12.7. The number of nitrogens with zero attached hydrogens (tertiary/aromatic N) is 1. The Morgan fingerprint density at radius 1 is 0.766 bits per heavy atom. The van der Waals surface area contributed by atoms with E-state index in [4.69, 9.17) is 18.9 Å². The topological polar surface area (TPSA) is 136 Å². The maximum absolute atomic E-state index is 13.8. The SMILES string of the molecule is COc1cc2c(cc1OC)CN(C[C@@H]1C[C@H](c3ccc(CO)cc3)O[C@H](c3cccc(-c4cccc(CNC(=O)[C@@H](Cc5ccccc5)NS(=O)(=O)c5ccc(C)cc5)c4)c3)O1)CC2. The Morgan fingerprint density at radius 2 is 1.45 bits per heavy atom. The number of amides is 1. The second kappa shape index (κ2) is 20.3. The molecule has 12 heteroatoms. The number of rotatable bonds is 16. The van der Waals surface area contributed by atoms with Gasteiger partial charge in [-0.3, -0.25) is 9.69 Å². The van der Waals surface area contributed by atoms with Crippen molar-refractivity contribution in [2.45, 2.75) is 75.3 Å². The van der Waals surface area contributed by atoms with Gasteiger partial charge >= 0.3 is 0 Å². The standard InChI is InChI=1S/C52H55N3O8S/c1-35-15-21-46(22-16-35)64(58,59)54-47(26-36-9-5-4-6-10-36)51(57)53-31-38-11-7-12-40(25-38)41-13-8-14-43(27-41)52-62-45(30-48(63-52)39-19-17-37(34-56)18-20-39)33-55-24-23-42-28-49(60-2)50(61-3)29-44(42)32-55/h4-22,25,27-29,45,47-48,52,54,56H,23-24,26,30-34H2,1-3H3,(H,53,57)/t45-,47+,48+,52+/m0/s1. The fraction of sp³-hybridized carbons (Fsp3) is 0.288. The Hall–Kier alpha value is -5.86. The van der Waals surface area contributed by atoms with Gasteiger partial charge in [0.15, 0.2) is 17.8 Å². The summed E-state index contributed by atoms with van der Waals surface area (Å²) in [6.45, 7) is 4.41. The summed E-state index contributed by atoms with van der Waals surface area (Å²) in [5.74, 6) is 1.03. The largest absolute Gasteiger partial charge is 0.493 e. The number of aryl methyl sites for hydroxylation is 1. The zero-order valence-electron chi connectivity index (χ0n) is 36.4. The number of benzene rings is 6. The summed E-state index contributed by atoms with van der Waals surface area (Å²) in [6.07, 6.45) is 0.724. The van der Waals surface area contributed by atoms with Crippen LogP contribution in [0.1, 0.15) is 63.3 Å². The molecule has 2 aliphatic rings. The first-order valence-corrected chi connectivity index (χ1v) is 23.1. The number of aliphatic hydroxyl groups excluding tert-OH is 1. The lowest BCUT2D eigenvalue weighted by molar-refractivity contribution is -0.253. The lowest BCUT2D eigenvalue weighted by atomic mass is 9.96. The summed E-state index contributed by atoms with van der Waals surface area (Å²) in [4.78, 5) is 16.3. The molecule has 332 valence electrons. The number of fused-ring (bicyclic) bond motifs is 1. The van der Waals surface area contributed by atoms with E-state index in [9.17, 15) is 18.3 Å². The van der Waals surface area contributed by atoms with Crippen LogP contribution >= 0.6 is 0 Å². The van der Waals surface area contributed by atoms with Crippen molar-refractivity contribution in [1.82, 2.24) is 14.9 Å². The minimum absolute atomic E-state index is 0.0293. The number of carbonyl (C=O) groups is 1. The molecule has 0 unspecified atom stereocenters. The van der Waals surface area contributed by atoms with Crippen LogP contribution in [0.5, 0.6) is 11.5 Å². The molecule has 11 nitrogen and oxygen atoms in total. The van der Waals surface area contributed by atoms with E-state index in [1.165, 1.54) is 11.1 Å². The molecule has 1 fully saturated rings. The highest BCUT2D eigenvalue weighted by Gasteiger charge is 2.34. The van der Waals surface area contributed by atoms with Gasteiger partial charge in [0, 0.05) is 38.2 Å². The maximum atomic E-state index is 13.8. The summed E-state index contributed by atoms with van der Waals surface area (Å²) in [6, 6.07) is 43.0. The third-order valence-corrected chi connectivity index (χ3v) is 13.5. The summed E-state index contributed by atoms with van der Waals surface area (Å²) < 4.78 is 54.3. The lowest BCUT2D eigenvalue weighted by Crippen LogP contribution is -2.47. The highest BCUT2D eigenvalue weighted by molar-refractivity contribution is 7.89. The van der Waals surface area contributed by atoms with Gasteiger partial charge in [-0.1, -0.05) is 109 Å². The van der Waals surface area contributed by atoms with Crippen LogP contribution in [-0.2, 0) is 56.8 Å². The van der Waals surface area contributed by atoms with Crippen molar-refractivity contribution >= 4 is 15.9 Å². The minimum atomic E-state index is -3.98. The van der Waals surface area contributed by atoms with Gasteiger partial charge < -0.3 is 29.4 Å². The monoisotopic (exact) mass is 881 g/mol. The van der Waals surface area contributed by atoms with Crippen LogP contribution in [0.4, 0.5) is 0 Å². The van der Waals surface area contributed by atoms with Crippen LogP contribution in [0.2, 0.25) is 0 Å². The predicted octanol–water partition coefficient (Wildman–Crippen LogP) is 7.98. The molecule has 64 heavy (non-hydrogen) atoms. The molecule has 0 aromatic heterocycles. The Bertz CT molecular complexity index is 2640. The molecular formula is C52H55N3O8S. The van der Waals surface area contributed by atoms with Crippen molar-refractivity contribution in [2.24, 2.45) is 0 Å². The molecule has 3 N–H and O–H groups in total.